The Morgan fingerprint density at radius 3 is 0.900 bits per heavy atom. The van der Waals surface area contributed by atoms with Crippen LogP contribution < -0.4 is 21.0 Å². The molecule has 2 aliphatic rings. The smallest absolute Gasteiger partial charge is 0.537 e. The maximum absolute atomic E-state index is 9.89. The number of rotatable bonds is 9. The van der Waals surface area contributed by atoms with Gasteiger partial charge in [0, 0.05) is 44.3 Å². The highest BCUT2D eigenvalue weighted by atomic mass is 16.5. The Kier molecular flexibility index (Phi) is 10.4. The van der Waals surface area contributed by atoms with Gasteiger partial charge in [-0.3, -0.25) is 0 Å². The van der Waals surface area contributed by atoms with Crippen molar-refractivity contribution in [1.29, 1.82) is 0 Å². The van der Waals surface area contributed by atoms with Gasteiger partial charge in [0.15, 0.2) is 0 Å². The third kappa shape index (κ3) is 7.40. The monoisotopic (exact) mass is 789 g/mol. The minimum Gasteiger partial charge on any atom is -0.537 e. The summed E-state index contributed by atoms with van der Waals surface area (Å²) in [6.07, 6.45) is 7.72. The molecule has 0 unspecified atom stereocenters. The Morgan fingerprint density at radius 1 is 0.383 bits per heavy atom. The molecular formula is C44H33B4N4O8. The van der Waals surface area contributed by atoms with Crippen LogP contribution in [0, 0.1) is 0 Å². The van der Waals surface area contributed by atoms with E-state index in [9.17, 15) is 35.2 Å². The Labute approximate surface area is 344 Å². The van der Waals surface area contributed by atoms with E-state index >= 15 is 0 Å². The van der Waals surface area contributed by atoms with Crippen LogP contribution in [0.1, 0.15) is 22.8 Å². The summed E-state index contributed by atoms with van der Waals surface area (Å²) < 4.78 is 5.21. The highest BCUT2D eigenvalue weighted by Gasteiger charge is 2.21. The lowest BCUT2D eigenvalue weighted by Crippen LogP contribution is -2.29. The van der Waals surface area contributed by atoms with Crippen LogP contribution in [0.15, 0.2) is 121 Å². The molecule has 9 rings (SSSR count). The zero-order valence-electron chi connectivity index (χ0n) is 31.6. The fraction of sp³-hybridized carbons (Fsp3) is 0. The average molecular weight is 789 g/mol. The first-order valence-corrected chi connectivity index (χ1v) is 18.9. The third-order valence-corrected chi connectivity index (χ3v) is 10.6. The number of nitrogens with zero attached hydrogens (tertiary/aromatic N) is 2. The number of hydrogen-bond donors (Lipinski definition) is 9. The first kappa shape index (κ1) is 38.8. The van der Waals surface area contributed by atoms with Gasteiger partial charge in [-0.2, -0.15) is 0 Å². The molecule has 5 heterocycles. The third-order valence-electron chi connectivity index (χ3n) is 10.6. The number of nitrogens with one attached hydrogen (secondary N) is 2. The van der Waals surface area contributed by atoms with Crippen molar-refractivity contribution in [2.75, 3.05) is 0 Å². The molecule has 16 heteroatoms. The van der Waals surface area contributed by atoms with E-state index in [1.807, 2.05) is 97.1 Å². The van der Waals surface area contributed by atoms with Crippen LogP contribution in [-0.2, 0) is 0 Å². The number of hydrogen-bond acceptors (Lipinski definition) is 10. The van der Waals surface area contributed by atoms with Crippen molar-refractivity contribution >= 4 is 91.8 Å². The molecule has 289 valence electrons. The Morgan fingerprint density at radius 2 is 0.650 bits per heavy atom. The fourth-order valence-electron chi connectivity index (χ4n) is 7.65. The van der Waals surface area contributed by atoms with Gasteiger partial charge in [0.2, 0.25) is 0 Å². The Balaban J connectivity index is 1.41. The number of aromatic amines is 2. The summed E-state index contributed by atoms with van der Waals surface area (Å²) >= 11 is 0. The lowest BCUT2D eigenvalue weighted by atomic mass is 9.80. The van der Waals surface area contributed by atoms with Crippen molar-refractivity contribution < 1.29 is 39.8 Å². The largest absolute Gasteiger partial charge is 0.569 e. The molecule has 0 atom stereocenters. The molecule has 0 fully saturated rings. The van der Waals surface area contributed by atoms with Crippen LogP contribution in [0.3, 0.4) is 0 Å². The van der Waals surface area contributed by atoms with Crippen LogP contribution in [-0.4, -0.2) is 84.1 Å². The van der Waals surface area contributed by atoms with Crippen LogP contribution >= 0.6 is 0 Å². The molecule has 0 saturated carbocycles. The average Bonchev–Trinajstić information content (AvgIpc) is 4.10. The van der Waals surface area contributed by atoms with Crippen molar-refractivity contribution in [2.45, 2.75) is 0 Å². The van der Waals surface area contributed by atoms with Crippen molar-refractivity contribution in [3.63, 3.8) is 0 Å². The van der Waals surface area contributed by atoms with Gasteiger partial charge < -0.3 is 49.8 Å². The van der Waals surface area contributed by atoms with Gasteiger partial charge >= 0.3 is 29.0 Å². The predicted molar refractivity (Wildman–Crippen MR) is 239 cm³/mol. The van der Waals surface area contributed by atoms with E-state index in [1.165, 1.54) is 0 Å². The second-order valence-electron chi connectivity index (χ2n) is 14.2. The molecule has 0 aliphatic carbocycles. The van der Waals surface area contributed by atoms with Crippen molar-refractivity contribution in [1.82, 2.24) is 19.9 Å². The first-order valence-electron chi connectivity index (χ1n) is 18.9. The van der Waals surface area contributed by atoms with Gasteiger partial charge in [-0.15, -0.1) is 0 Å². The zero-order valence-corrected chi connectivity index (χ0v) is 31.6. The van der Waals surface area contributed by atoms with Crippen LogP contribution in [0.5, 0.6) is 5.75 Å². The minimum atomic E-state index is -1.64. The molecule has 7 aromatic rings. The fourth-order valence-corrected chi connectivity index (χ4v) is 7.65. The summed E-state index contributed by atoms with van der Waals surface area (Å²) in [4.78, 5) is 17.8. The van der Waals surface area contributed by atoms with Crippen molar-refractivity contribution in [3.8, 4) is 50.3 Å². The van der Waals surface area contributed by atoms with E-state index in [1.54, 1.807) is 48.5 Å². The second kappa shape index (κ2) is 16.1. The van der Waals surface area contributed by atoms with Crippen LogP contribution in [0.2, 0.25) is 0 Å². The van der Waals surface area contributed by atoms with Gasteiger partial charge in [0.1, 0.15) is 5.75 Å². The SMILES string of the molecule is O[B]Oc1ccc(-c2c3nc(c(-c4ccc(B(O)O)cc4)c4ccc([nH]4)c(-c4ccc(B(O)O)cc4)c4nc(c(-c5ccc(B(O)O)cc5)c5ccc2[nH]5)C=C4)C=C3)cc1. The van der Waals surface area contributed by atoms with E-state index in [2.05, 4.69) is 9.97 Å². The van der Waals surface area contributed by atoms with Gasteiger partial charge in [0.25, 0.3) is 0 Å². The predicted octanol–water partition coefficient (Wildman–Crippen LogP) is 3.27. The molecule has 0 spiro atoms. The molecule has 0 saturated heterocycles. The summed E-state index contributed by atoms with van der Waals surface area (Å²) in [5.41, 5.74) is 12.5. The lowest BCUT2D eigenvalue weighted by Gasteiger charge is -2.08. The highest BCUT2D eigenvalue weighted by Crippen LogP contribution is 2.38. The highest BCUT2D eigenvalue weighted by molar-refractivity contribution is 6.59. The standard InChI is InChI=1S/C44H33B4N4O8/c53-45-60-32-15-7-28(8-16-32)44-39-23-21-37(51-39)42(26-3-11-30(12-4-26)47(56)57)35-19-17-33(49-35)41(25-1-9-29(10-2-25)46(54)55)34-18-20-36(50-34)43(38-22-24-40(44)52-38)27-5-13-31(14-6-27)48(58)59/h1-24,49,52-59H. The van der Waals surface area contributed by atoms with E-state index < -0.39 is 21.4 Å². The molecule has 3 aromatic heterocycles. The number of aromatic nitrogens is 4. The van der Waals surface area contributed by atoms with Crippen LogP contribution in [0.4, 0.5) is 0 Å². The van der Waals surface area contributed by atoms with Crippen LogP contribution in [0.25, 0.3) is 90.9 Å². The molecule has 1 radical (unpaired) electrons. The van der Waals surface area contributed by atoms with E-state index in [4.69, 9.17) is 14.6 Å². The van der Waals surface area contributed by atoms with Crippen molar-refractivity contribution in [3.05, 3.63) is 144 Å². The summed E-state index contributed by atoms with van der Waals surface area (Å²) in [7, 11) is -4.29. The molecule has 2 aliphatic heterocycles. The zero-order chi connectivity index (χ0) is 41.5. The van der Waals surface area contributed by atoms with Gasteiger partial charge in [0.05, 0.1) is 22.8 Å². The number of fused-ring (bicyclic) bond motifs is 8. The molecular weight excluding hydrogens is 756 g/mol. The summed E-state index contributed by atoms with van der Waals surface area (Å²) in [6, 6.07) is 35.9. The normalized spacial score (nSPS) is 11.8. The quantitative estimate of drug-likeness (QED) is 0.0976. The summed E-state index contributed by atoms with van der Waals surface area (Å²) in [5, 5.41) is 68.6. The lowest BCUT2D eigenvalue weighted by molar-refractivity contribution is 0.424. The number of benzene rings is 4. The molecule has 8 bridgehead atoms. The van der Waals surface area contributed by atoms with E-state index in [-0.39, 0.29) is 0 Å². The maximum Gasteiger partial charge on any atom is 0.569 e. The van der Waals surface area contributed by atoms with E-state index in [0.717, 1.165) is 61.1 Å². The Bertz CT molecular complexity index is 2920. The van der Waals surface area contributed by atoms with Crippen molar-refractivity contribution in [2.24, 2.45) is 0 Å². The maximum atomic E-state index is 9.89. The second-order valence-corrected chi connectivity index (χ2v) is 14.2. The number of H-pyrrole nitrogens is 2. The van der Waals surface area contributed by atoms with Gasteiger partial charge in [-0.25, -0.2) is 9.97 Å². The molecule has 4 aromatic carbocycles. The molecule has 12 nitrogen and oxygen atoms in total. The Hall–Kier alpha value is -6.74. The molecule has 60 heavy (non-hydrogen) atoms. The molecule has 9 N–H and O–H groups in total. The first-order chi connectivity index (χ1) is 29.1. The van der Waals surface area contributed by atoms with E-state index in [0.29, 0.717) is 58.1 Å². The summed E-state index contributed by atoms with van der Waals surface area (Å²) in [6.45, 7) is 0. The minimum absolute atomic E-state index is 0.333. The molecule has 0 amide bonds. The topological polar surface area (TPSA) is 208 Å². The van der Waals surface area contributed by atoms with Gasteiger partial charge in [-0.05, 0) is 99.3 Å². The van der Waals surface area contributed by atoms with Gasteiger partial charge in [-0.1, -0.05) is 84.9 Å². The summed E-state index contributed by atoms with van der Waals surface area (Å²) in [5.74, 6) is 0.441.